The van der Waals surface area contributed by atoms with Crippen LogP contribution in [0.2, 0.25) is 10.0 Å². The molecular formula is C54H65Cl2N11O11S2. The van der Waals surface area contributed by atoms with E-state index in [2.05, 4.69) is 42.5 Å². The third-order valence-electron chi connectivity index (χ3n) is 13.4. The highest BCUT2D eigenvalue weighted by Crippen LogP contribution is 2.33. The maximum atomic E-state index is 14.8. The number of halogens is 2. The Morgan fingerprint density at radius 3 is 1.76 bits per heavy atom. The van der Waals surface area contributed by atoms with Gasteiger partial charge in [0.05, 0.1) is 12.1 Å². The van der Waals surface area contributed by atoms with E-state index in [9.17, 15) is 53.4 Å². The molecule has 3 aliphatic heterocycles. The van der Waals surface area contributed by atoms with Crippen molar-refractivity contribution in [2.75, 3.05) is 25.1 Å². The molecule has 4 aromatic rings. The lowest BCUT2D eigenvalue weighted by Gasteiger charge is -2.42. The lowest BCUT2D eigenvalue weighted by molar-refractivity contribution is -0.144. The molecule has 9 amide bonds. The van der Waals surface area contributed by atoms with Crippen LogP contribution in [0.15, 0.2) is 97.1 Å². The molecule has 3 heterocycles. The lowest BCUT2D eigenvalue weighted by atomic mass is 9.84. The minimum Gasteiger partial charge on any atom is -0.508 e. The van der Waals surface area contributed by atoms with Gasteiger partial charge in [0.1, 0.15) is 47.5 Å². The molecule has 7 rings (SSSR count). The van der Waals surface area contributed by atoms with Crippen LogP contribution in [0.1, 0.15) is 58.3 Å². The number of carbonyl (C=O) groups excluding carboxylic acids is 9. The van der Waals surface area contributed by atoms with Crippen LogP contribution in [0, 0.1) is 0 Å². The van der Waals surface area contributed by atoms with Gasteiger partial charge in [-0.05, 0) is 110 Å². The number of aliphatic hydroxyl groups is 1. The SMILES string of the molecule is CNCCCC[C@@H]1NC(=O)[C@@H](Cc2ccc(C(N)=O)cc2)NC(=O)[C@H](Cc2ccc(O)cc2)NC(=O)[C@H](NC(=O)[C@@H](N)Cc2ccc(Cl)cc2)CSSCC2(C(=O)NC(Cc3ccc(Cl)cc3)C(N)=O)C[C@@H](O)[C@H](NC1=O)C(=O)N2. The van der Waals surface area contributed by atoms with E-state index in [0.29, 0.717) is 51.7 Å². The molecule has 0 spiro atoms. The number of phenolic OH excluding ortho intramolecular Hbond substituents is 1. The summed E-state index contributed by atoms with van der Waals surface area (Å²) in [5, 5.41) is 44.6. The number of nitrogens with one attached hydrogen (secondary N) is 8. The summed E-state index contributed by atoms with van der Waals surface area (Å²) in [6.07, 6.45) is -1.86. The van der Waals surface area contributed by atoms with Crippen LogP contribution in [0.5, 0.6) is 5.75 Å². The summed E-state index contributed by atoms with van der Waals surface area (Å²) >= 11 is 12.2. The molecule has 3 fully saturated rings. The van der Waals surface area contributed by atoms with Crippen LogP contribution in [-0.4, -0.2) is 142 Å². The standard InChI is InChI=1S/C54H65Cl2N11O11S2/c1-60-21-3-2-4-38-48(73)66-44-43(69)26-54(67-52(44)77,53(78)65-39(46(59)71)23-31-9-17-35(56)18-10-31)28-80-79-27-42(64-47(72)37(57)22-29-7-15-34(55)16-8-29)51(76)63-41(25-32-11-19-36(68)20-12-32)50(75)62-40(49(74)61-38)24-30-5-13-33(14-6-30)45(58)70/h5-20,37-44,60,68-69H,2-4,21-28,57H2,1H3,(H2,58,70)(H2,59,71)(H,61,74)(H,62,75)(H,63,76)(H,64,72)(H,65,78)(H,66,73)(H,67,77)/t37-,38-,39?,40+,41-,42+,43+,44-,54?/m0/s1. The molecule has 0 saturated carbocycles. The number of carbonyl (C=O) groups is 9. The molecule has 0 aliphatic carbocycles. The van der Waals surface area contributed by atoms with Gasteiger partial charge in [0, 0.05) is 52.8 Å². The van der Waals surface area contributed by atoms with E-state index < -0.39 is 114 Å². The van der Waals surface area contributed by atoms with Crippen molar-refractivity contribution in [3.05, 3.63) is 135 Å². The molecule has 22 nitrogen and oxygen atoms in total. The summed E-state index contributed by atoms with van der Waals surface area (Å²) < 4.78 is 0. The molecular weight excluding hydrogens is 1110 g/mol. The topological polar surface area (TPSA) is 368 Å². The van der Waals surface area contributed by atoms with Gasteiger partial charge in [0.15, 0.2) is 0 Å². The number of rotatable bonds is 19. The number of unbranched alkanes of at least 4 members (excludes halogenated alkanes) is 1. The zero-order chi connectivity index (χ0) is 58.1. The Morgan fingerprint density at radius 2 is 1.21 bits per heavy atom. The van der Waals surface area contributed by atoms with E-state index in [0.717, 1.165) is 21.6 Å². The van der Waals surface area contributed by atoms with Crippen molar-refractivity contribution in [1.29, 1.82) is 0 Å². The van der Waals surface area contributed by atoms with Gasteiger partial charge in [0.25, 0.3) is 0 Å². The average Bonchev–Trinajstić information content (AvgIpc) is 3.43. The largest absolute Gasteiger partial charge is 0.508 e. The molecule has 16 N–H and O–H groups in total. The molecule has 2 unspecified atom stereocenters. The van der Waals surface area contributed by atoms with Crippen LogP contribution in [-0.2, 0) is 64.0 Å². The average molecular weight is 1180 g/mol. The minimum absolute atomic E-state index is 0.00992. The molecule has 0 radical (unpaired) electrons. The monoisotopic (exact) mass is 1180 g/mol. The summed E-state index contributed by atoms with van der Waals surface area (Å²) in [4.78, 5) is 126. The highest BCUT2D eigenvalue weighted by Gasteiger charge is 2.51. The second-order valence-corrected chi connectivity index (χ2v) is 22.9. The van der Waals surface area contributed by atoms with E-state index in [-0.39, 0.29) is 54.9 Å². The number of aromatic hydroxyl groups is 1. The molecule has 428 valence electrons. The molecule has 80 heavy (non-hydrogen) atoms. The number of phenols is 1. The first-order valence-electron chi connectivity index (χ1n) is 25.6. The van der Waals surface area contributed by atoms with Crippen molar-refractivity contribution in [2.45, 2.75) is 105 Å². The van der Waals surface area contributed by atoms with Crippen LogP contribution >= 0.6 is 44.8 Å². The molecule has 26 heteroatoms. The summed E-state index contributed by atoms with van der Waals surface area (Å²) in [5.41, 5.74) is 18.0. The predicted molar refractivity (Wildman–Crippen MR) is 304 cm³/mol. The smallest absolute Gasteiger partial charge is 0.248 e. The Hall–Kier alpha value is -6.93. The molecule has 9 atom stereocenters. The summed E-state index contributed by atoms with van der Waals surface area (Å²) in [7, 11) is 3.66. The maximum Gasteiger partial charge on any atom is 0.248 e. The number of nitrogens with two attached hydrogens (primary N) is 3. The minimum atomic E-state index is -2.01. The van der Waals surface area contributed by atoms with Gasteiger partial charge in [-0.1, -0.05) is 93.3 Å². The molecule has 2 bridgehead atoms. The van der Waals surface area contributed by atoms with Crippen LogP contribution in [0.4, 0.5) is 0 Å². The van der Waals surface area contributed by atoms with Gasteiger partial charge < -0.3 is 69.9 Å². The normalized spacial score (nSPS) is 22.9. The molecule has 3 saturated heterocycles. The first-order chi connectivity index (χ1) is 38.1. The number of aliphatic hydroxyl groups excluding tert-OH is 1. The van der Waals surface area contributed by atoms with Gasteiger partial charge in [-0.3, -0.25) is 43.2 Å². The number of hydrogen-bond donors (Lipinski definition) is 13. The first-order valence-corrected chi connectivity index (χ1v) is 28.8. The maximum absolute atomic E-state index is 14.8. The predicted octanol–water partition coefficient (Wildman–Crippen LogP) is 0.194. The third-order valence-corrected chi connectivity index (χ3v) is 16.4. The van der Waals surface area contributed by atoms with Crippen LogP contribution in [0.3, 0.4) is 0 Å². The number of hydrogen-bond acceptors (Lipinski definition) is 15. The van der Waals surface area contributed by atoms with Gasteiger partial charge in [-0.15, -0.1) is 0 Å². The summed E-state index contributed by atoms with van der Waals surface area (Å²) in [5.74, 6) is -8.53. The van der Waals surface area contributed by atoms with Gasteiger partial charge in [0.2, 0.25) is 53.2 Å². The Balaban J connectivity index is 1.40. The van der Waals surface area contributed by atoms with Crippen molar-refractivity contribution in [3.63, 3.8) is 0 Å². The van der Waals surface area contributed by atoms with Crippen molar-refractivity contribution in [3.8, 4) is 5.75 Å². The third kappa shape index (κ3) is 18.0. The van der Waals surface area contributed by atoms with E-state index in [1.165, 1.54) is 48.5 Å². The zero-order valence-electron chi connectivity index (χ0n) is 43.5. The molecule has 3 aliphatic rings. The second-order valence-electron chi connectivity index (χ2n) is 19.6. The van der Waals surface area contributed by atoms with Crippen LogP contribution < -0.4 is 59.7 Å². The quantitative estimate of drug-likeness (QED) is 0.0339. The van der Waals surface area contributed by atoms with E-state index >= 15 is 0 Å². The fraction of sp³-hybridized carbons (Fsp3) is 0.389. The fourth-order valence-corrected chi connectivity index (χ4v) is 11.7. The van der Waals surface area contributed by atoms with Crippen molar-refractivity contribution >= 4 is 98.0 Å². The Labute approximate surface area is 479 Å². The lowest BCUT2D eigenvalue weighted by Crippen LogP contribution is -2.73. The Morgan fingerprint density at radius 1 is 0.688 bits per heavy atom. The first kappa shape index (κ1) is 62.3. The number of primary amides is 2. The van der Waals surface area contributed by atoms with Crippen molar-refractivity contribution < 1.29 is 53.4 Å². The Kier molecular flexibility index (Phi) is 23.0. The van der Waals surface area contributed by atoms with Gasteiger partial charge >= 0.3 is 0 Å². The fourth-order valence-electron chi connectivity index (χ4n) is 8.87. The van der Waals surface area contributed by atoms with Crippen LogP contribution in [0.25, 0.3) is 0 Å². The number of benzene rings is 4. The second kappa shape index (κ2) is 29.5. The summed E-state index contributed by atoms with van der Waals surface area (Å²) in [6.45, 7) is 0.539. The Bertz CT molecular complexity index is 2860. The number of piperidine rings is 1. The van der Waals surface area contributed by atoms with Crippen molar-refractivity contribution in [2.24, 2.45) is 17.2 Å². The zero-order valence-corrected chi connectivity index (χ0v) is 46.7. The highest BCUT2D eigenvalue weighted by molar-refractivity contribution is 8.76. The summed E-state index contributed by atoms with van der Waals surface area (Å²) in [6, 6.07) is 14.7. The molecule has 0 aromatic heterocycles. The van der Waals surface area contributed by atoms with E-state index in [1.807, 2.05) is 0 Å². The van der Waals surface area contributed by atoms with Gasteiger partial charge in [-0.2, -0.15) is 0 Å². The van der Waals surface area contributed by atoms with E-state index in [1.54, 1.807) is 55.6 Å². The highest BCUT2D eigenvalue weighted by atomic mass is 35.5. The van der Waals surface area contributed by atoms with Crippen molar-refractivity contribution in [1.82, 2.24) is 42.5 Å². The molecule has 4 aromatic carbocycles. The van der Waals surface area contributed by atoms with E-state index in [4.69, 9.17) is 40.4 Å². The van der Waals surface area contributed by atoms with Gasteiger partial charge in [-0.25, -0.2) is 0 Å². The number of fused-ring (bicyclic) bond motifs is 17. The number of amides is 9.